The molecule has 0 spiro atoms. The van der Waals surface area contributed by atoms with Gasteiger partial charge in [0.15, 0.2) is 5.69 Å². The predicted octanol–water partition coefficient (Wildman–Crippen LogP) is 3.15. The Morgan fingerprint density at radius 3 is 2.44 bits per heavy atom. The number of nitrogens with zero attached hydrogens (tertiary/aromatic N) is 1. The average Bonchev–Trinajstić information content (AvgIpc) is 2.41. The maximum absolute atomic E-state index is 11.7. The van der Waals surface area contributed by atoms with Crippen molar-refractivity contribution in [1.29, 1.82) is 0 Å². The van der Waals surface area contributed by atoms with E-state index in [-0.39, 0.29) is 0 Å². The molecular weight excluding hydrogens is 226 g/mol. The van der Waals surface area contributed by atoms with E-state index in [0.717, 1.165) is 22.4 Å². The van der Waals surface area contributed by atoms with E-state index in [1.54, 1.807) is 0 Å². The zero-order valence-corrected chi connectivity index (χ0v) is 10.7. The Balaban J connectivity index is 2.62. The number of benzene rings is 1. The summed E-state index contributed by atoms with van der Waals surface area (Å²) < 4.78 is 4.76. The summed E-state index contributed by atoms with van der Waals surface area (Å²) in [6.45, 7) is 3.76. The van der Waals surface area contributed by atoms with Crippen molar-refractivity contribution in [3.63, 3.8) is 0 Å². The quantitative estimate of drug-likeness (QED) is 0.758. The Bertz CT molecular complexity index is 577. The molecule has 0 saturated carbocycles. The lowest BCUT2D eigenvalue weighted by molar-refractivity contribution is 0.0593. The molecule has 0 atom stereocenters. The van der Waals surface area contributed by atoms with Crippen molar-refractivity contribution in [2.75, 3.05) is 7.11 Å². The molecule has 0 saturated heterocycles. The van der Waals surface area contributed by atoms with Crippen LogP contribution in [0.3, 0.4) is 0 Å². The molecule has 2 aromatic rings. The molecule has 0 unspecified atom stereocenters. The monoisotopic (exact) mass is 241 g/mol. The first-order chi connectivity index (χ1) is 8.63. The van der Waals surface area contributed by atoms with Gasteiger partial charge in [-0.2, -0.15) is 0 Å². The summed E-state index contributed by atoms with van der Waals surface area (Å²) in [6.07, 6.45) is 0. The highest BCUT2D eigenvalue weighted by molar-refractivity contribution is 5.91. The molecular formula is C15H15NO2. The maximum atomic E-state index is 11.7. The minimum Gasteiger partial charge on any atom is -0.464 e. The van der Waals surface area contributed by atoms with E-state index in [1.807, 2.05) is 50.2 Å². The first-order valence-corrected chi connectivity index (χ1v) is 5.75. The number of carbonyl (C=O) groups is 1. The molecule has 0 N–H and O–H groups in total. The number of aromatic nitrogens is 1. The van der Waals surface area contributed by atoms with E-state index in [0.29, 0.717) is 5.69 Å². The van der Waals surface area contributed by atoms with E-state index in [2.05, 4.69) is 4.98 Å². The normalized spacial score (nSPS) is 10.2. The summed E-state index contributed by atoms with van der Waals surface area (Å²) in [5.41, 5.74) is 4.13. The van der Waals surface area contributed by atoms with Gasteiger partial charge in [-0.25, -0.2) is 9.78 Å². The molecule has 0 amide bonds. The topological polar surface area (TPSA) is 39.2 Å². The fourth-order valence-electron chi connectivity index (χ4n) is 1.95. The molecule has 0 fully saturated rings. The van der Waals surface area contributed by atoms with Gasteiger partial charge in [0.05, 0.1) is 7.11 Å². The van der Waals surface area contributed by atoms with Crippen molar-refractivity contribution in [2.24, 2.45) is 0 Å². The second kappa shape index (κ2) is 5.00. The molecule has 3 heteroatoms. The lowest BCUT2D eigenvalue weighted by atomic mass is 9.99. The number of rotatable bonds is 2. The van der Waals surface area contributed by atoms with Gasteiger partial charge in [0, 0.05) is 5.69 Å². The van der Waals surface area contributed by atoms with Crippen LogP contribution in [-0.2, 0) is 4.74 Å². The summed E-state index contributed by atoms with van der Waals surface area (Å²) in [7, 11) is 1.37. The van der Waals surface area contributed by atoms with Gasteiger partial charge in [-0.1, -0.05) is 30.3 Å². The summed E-state index contributed by atoms with van der Waals surface area (Å²) in [5, 5.41) is 0. The molecule has 0 aliphatic heterocycles. The van der Waals surface area contributed by atoms with E-state index in [4.69, 9.17) is 4.74 Å². The Kier molecular flexibility index (Phi) is 3.42. The number of ether oxygens (including phenoxy) is 1. The average molecular weight is 241 g/mol. The molecule has 1 aromatic carbocycles. The first kappa shape index (κ1) is 12.3. The molecule has 92 valence electrons. The lowest BCUT2D eigenvalue weighted by Gasteiger charge is -2.11. The fraction of sp³-hybridized carbons (Fsp3) is 0.200. The smallest absolute Gasteiger partial charge is 0.356 e. The van der Waals surface area contributed by atoms with Crippen molar-refractivity contribution in [3.8, 4) is 11.1 Å². The molecule has 0 bridgehead atoms. The number of aryl methyl sites for hydroxylation is 1. The molecule has 0 radical (unpaired) electrons. The van der Waals surface area contributed by atoms with Gasteiger partial charge in [0.1, 0.15) is 0 Å². The van der Waals surface area contributed by atoms with Crippen LogP contribution < -0.4 is 0 Å². The van der Waals surface area contributed by atoms with Gasteiger partial charge in [0.25, 0.3) is 0 Å². The van der Waals surface area contributed by atoms with Crippen LogP contribution >= 0.6 is 0 Å². The van der Waals surface area contributed by atoms with Crippen molar-refractivity contribution in [2.45, 2.75) is 13.8 Å². The van der Waals surface area contributed by atoms with Crippen LogP contribution in [-0.4, -0.2) is 18.1 Å². The Hall–Kier alpha value is -2.16. The summed E-state index contributed by atoms with van der Waals surface area (Å²) in [4.78, 5) is 15.9. The zero-order valence-electron chi connectivity index (χ0n) is 10.7. The highest BCUT2D eigenvalue weighted by atomic mass is 16.5. The third-order valence-corrected chi connectivity index (χ3v) is 2.86. The lowest BCUT2D eigenvalue weighted by Crippen LogP contribution is -2.09. The molecule has 18 heavy (non-hydrogen) atoms. The minimum absolute atomic E-state index is 0.386. The summed E-state index contributed by atoms with van der Waals surface area (Å²) in [6, 6.07) is 11.9. The summed E-state index contributed by atoms with van der Waals surface area (Å²) in [5.74, 6) is -0.395. The summed E-state index contributed by atoms with van der Waals surface area (Å²) >= 11 is 0. The van der Waals surface area contributed by atoms with Crippen LogP contribution in [0.15, 0.2) is 36.4 Å². The number of pyridine rings is 1. The van der Waals surface area contributed by atoms with Gasteiger partial charge in [-0.15, -0.1) is 0 Å². The van der Waals surface area contributed by atoms with Gasteiger partial charge >= 0.3 is 5.97 Å². The van der Waals surface area contributed by atoms with E-state index < -0.39 is 5.97 Å². The first-order valence-electron chi connectivity index (χ1n) is 5.75. The standard InChI is InChI=1S/C15H15NO2/c1-10-9-13(12-7-5-4-6-8-12)11(2)14(16-10)15(17)18-3/h4-9H,1-3H3. The van der Waals surface area contributed by atoms with Crippen LogP contribution in [0.2, 0.25) is 0 Å². The van der Waals surface area contributed by atoms with Gasteiger partial charge in [-0.05, 0) is 36.6 Å². The molecule has 0 aliphatic carbocycles. The van der Waals surface area contributed by atoms with E-state index >= 15 is 0 Å². The molecule has 2 rings (SSSR count). The van der Waals surface area contributed by atoms with Gasteiger partial charge in [-0.3, -0.25) is 0 Å². The van der Waals surface area contributed by atoms with Crippen molar-refractivity contribution in [3.05, 3.63) is 53.3 Å². The minimum atomic E-state index is -0.395. The van der Waals surface area contributed by atoms with Crippen molar-refractivity contribution < 1.29 is 9.53 Å². The van der Waals surface area contributed by atoms with E-state index in [1.165, 1.54) is 7.11 Å². The van der Waals surface area contributed by atoms with Crippen LogP contribution in [0.4, 0.5) is 0 Å². The van der Waals surface area contributed by atoms with Crippen LogP contribution in [0.1, 0.15) is 21.7 Å². The Morgan fingerprint density at radius 2 is 1.83 bits per heavy atom. The highest BCUT2D eigenvalue weighted by Crippen LogP contribution is 2.25. The number of carbonyl (C=O) groups excluding carboxylic acids is 1. The molecule has 1 heterocycles. The molecule has 3 nitrogen and oxygen atoms in total. The second-order valence-electron chi connectivity index (χ2n) is 4.14. The second-order valence-corrected chi connectivity index (χ2v) is 4.14. The van der Waals surface area contributed by atoms with Crippen LogP contribution in [0, 0.1) is 13.8 Å². The number of esters is 1. The van der Waals surface area contributed by atoms with Crippen LogP contribution in [0.5, 0.6) is 0 Å². The SMILES string of the molecule is COC(=O)c1nc(C)cc(-c2ccccc2)c1C. The van der Waals surface area contributed by atoms with Crippen molar-refractivity contribution >= 4 is 5.97 Å². The largest absolute Gasteiger partial charge is 0.464 e. The van der Waals surface area contributed by atoms with Gasteiger partial charge < -0.3 is 4.74 Å². The highest BCUT2D eigenvalue weighted by Gasteiger charge is 2.15. The third kappa shape index (κ3) is 2.25. The van der Waals surface area contributed by atoms with Crippen LogP contribution in [0.25, 0.3) is 11.1 Å². The molecule has 1 aromatic heterocycles. The number of hydrogen-bond acceptors (Lipinski definition) is 3. The van der Waals surface area contributed by atoms with Gasteiger partial charge in [0.2, 0.25) is 0 Å². The van der Waals surface area contributed by atoms with E-state index in [9.17, 15) is 4.79 Å². The fourth-order valence-corrected chi connectivity index (χ4v) is 1.95. The zero-order chi connectivity index (χ0) is 13.1. The number of methoxy groups -OCH3 is 1. The van der Waals surface area contributed by atoms with Crippen molar-refractivity contribution in [1.82, 2.24) is 4.98 Å². The Morgan fingerprint density at radius 1 is 1.17 bits per heavy atom. The third-order valence-electron chi connectivity index (χ3n) is 2.86. The molecule has 0 aliphatic rings. The predicted molar refractivity (Wildman–Crippen MR) is 70.5 cm³/mol. The maximum Gasteiger partial charge on any atom is 0.356 e. The number of hydrogen-bond donors (Lipinski definition) is 0. The Labute approximate surface area is 106 Å².